The van der Waals surface area contributed by atoms with E-state index in [1.807, 2.05) is 0 Å². The van der Waals surface area contributed by atoms with E-state index >= 15 is 0 Å². The lowest BCUT2D eigenvalue weighted by molar-refractivity contribution is 0.130. The van der Waals surface area contributed by atoms with E-state index in [1.165, 1.54) is 31.4 Å². The first-order valence-corrected chi connectivity index (χ1v) is 8.33. The van der Waals surface area contributed by atoms with Gasteiger partial charge in [0.05, 0.1) is 11.0 Å². The van der Waals surface area contributed by atoms with Crippen molar-refractivity contribution in [3.05, 3.63) is 24.3 Å². The zero-order valence-electron chi connectivity index (χ0n) is 11.2. The Balaban J connectivity index is 1.94. The van der Waals surface area contributed by atoms with Crippen LogP contribution in [0.15, 0.2) is 29.2 Å². The van der Waals surface area contributed by atoms with Crippen LogP contribution in [0, 0.1) is 5.92 Å². The maximum atomic E-state index is 11.1. The van der Waals surface area contributed by atoms with E-state index in [0.717, 1.165) is 18.8 Å². The molecule has 1 aromatic rings. The summed E-state index contributed by atoms with van der Waals surface area (Å²) in [6.07, 6.45) is 6.09. The summed E-state index contributed by atoms with van der Waals surface area (Å²) >= 11 is 0. The summed E-state index contributed by atoms with van der Waals surface area (Å²) in [5.74, 6) is 1.55. The predicted octanol–water partition coefficient (Wildman–Crippen LogP) is 2.68. The first-order valence-electron chi connectivity index (χ1n) is 6.78. The Hall–Kier alpha value is -1.07. The van der Waals surface area contributed by atoms with E-state index in [2.05, 4.69) is 6.92 Å². The fourth-order valence-corrected chi connectivity index (χ4v) is 3.07. The Labute approximate surface area is 115 Å². The molecule has 0 amide bonds. The molecular weight excluding hydrogens is 262 g/mol. The summed E-state index contributed by atoms with van der Waals surface area (Å²) in [7, 11) is -3.62. The first-order chi connectivity index (χ1) is 8.99. The number of rotatable bonds is 4. The molecule has 0 atom stereocenters. The second kappa shape index (κ2) is 5.92. The van der Waals surface area contributed by atoms with Crippen molar-refractivity contribution in [1.29, 1.82) is 0 Å². The van der Waals surface area contributed by atoms with E-state index in [9.17, 15) is 8.42 Å². The highest BCUT2D eigenvalue weighted by Crippen LogP contribution is 2.29. The van der Waals surface area contributed by atoms with E-state index < -0.39 is 10.0 Å². The Kier molecular flexibility index (Phi) is 4.47. The summed E-state index contributed by atoms with van der Waals surface area (Å²) in [5, 5.41) is 5.05. The number of ether oxygens (including phenoxy) is 1. The molecule has 1 saturated carbocycles. The highest BCUT2D eigenvalue weighted by molar-refractivity contribution is 7.89. The largest absolute Gasteiger partial charge is 0.490 e. The number of hydrogen-bond acceptors (Lipinski definition) is 3. The highest BCUT2D eigenvalue weighted by atomic mass is 32.2. The molecule has 2 N–H and O–H groups in total. The first kappa shape index (κ1) is 14.3. The van der Waals surface area contributed by atoms with E-state index in [0.29, 0.717) is 5.75 Å². The predicted molar refractivity (Wildman–Crippen MR) is 74.5 cm³/mol. The van der Waals surface area contributed by atoms with Crippen LogP contribution in [0.4, 0.5) is 0 Å². The topological polar surface area (TPSA) is 69.4 Å². The van der Waals surface area contributed by atoms with Crippen molar-refractivity contribution >= 4 is 10.0 Å². The number of hydrogen-bond donors (Lipinski definition) is 1. The molecule has 0 spiro atoms. The minimum atomic E-state index is -3.62. The van der Waals surface area contributed by atoms with Crippen LogP contribution in [0.5, 0.6) is 5.75 Å². The Morgan fingerprint density at radius 1 is 1.16 bits per heavy atom. The third-order valence-corrected chi connectivity index (χ3v) is 4.76. The van der Waals surface area contributed by atoms with Gasteiger partial charge in [0.25, 0.3) is 0 Å². The van der Waals surface area contributed by atoms with Gasteiger partial charge in [-0.05, 0) is 55.9 Å². The van der Waals surface area contributed by atoms with Crippen molar-refractivity contribution in [3.8, 4) is 5.75 Å². The molecule has 2 rings (SSSR count). The van der Waals surface area contributed by atoms with Crippen LogP contribution in [0.2, 0.25) is 0 Å². The number of nitrogens with two attached hydrogens (primary N) is 1. The smallest absolute Gasteiger partial charge is 0.238 e. The quantitative estimate of drug-likeness (QED) is 0.923. The SMILES string of the molecule is CCC1CCC(Oc2ccc(S(N)(=O)=O)cc2)CC1. The second-order valence-corrected chi connectivity index (χ2v) is 6.75. The van der Waals surface area contributed by atoms with Crippen LogP contribution in [-0.2, 0) is 10.0 Å². The molecule has 4 nitrogen and oxygen atoms in total. The molecule has 0 unspecified atom stereocenters. The van der Waals surface area contributed by atoms with Crippen molar-refractivity contribution in [3.63, 3.8) is 0 Å². The van der Waals surface area contributed by atoms with Gasteiger partial charge < -0.3 is 4.74 Å². The molecule has 0 heterocycles. The molecule has 19 heavy (non-hydrogen) atoms. The molecular formula is C14H21NO3S. The Bertz CT molecular complexity index is 502. The van der Waals surface area contributed by atoms with E-state index in [-0.39, 0.29) is 11.0 Å². The van der Waals surface area contributed by atoms with Gasteiger partial charge >= 0.3 is 0 Å². The van der Waals surface area contributed by atoms with Crippen LogP contribution in [0.25, 0.3) is 0 Å². The fraction of sp³-hybridized carbons (Fsp3) is 0.571. The second-order valence-electron chi connectivity index (χ2n) is 5.19. The third kappa shape index (κ3) is 3.94. The molecule has 0 aliphatic heterocycles. The maximum Gasteiger partial charge on any atom is 0.238 e. The molecule has 1 aliphatic rings. The van der Waals surface area contributed by atoms with Gasteiger partial charge in [-0.1, -0.05) is 13.3 Å². The van der Waals surface area contributed by atoms with Gasteiger partial charge in [0.2, 0.25) is 10.0 Å². The van der Waals surface area contributed by atoms with Crippen molar-refractivity contribution < 1.29 is 13.2 Å². The van der Waals surface area contributed by atoms with Crippen LogP contribution < -0.4 is 9.88 Å². The lowest BCUT2D eigenvalue weighted by atomic mass is 9.86. The summed E-state index contributed by atoms with van der Waals surface area (Å²) in [4.78, 5) is 0.120. The molecule has 1 fully saturated rings. The van der Waals surface area contributed by atoms with E-state index in [1.54, 1.807) is 12.1 Å². The molecule has 1 aliphatic carbocycles. The van der Waals surface area contributed by atoms with Crippen molar-refractivity contribution in [2.45, 2.75) is 50.0 Å². The van der Waals surface area contributed by atoms with Crippen molar-refractivity contribution in [2.75, 3.05) is 0 Å². The molecule has 1 aromatic carbocycles. The maximum absolute atomic E-state index is 11.1. The van der Waals surface area contributed by atoms with Crippen LogP contribution in [-0.4, -0.2) is 14.5 Å². The number of benzene rings is 1. The van der Waals surface area contributed by atoms with Gasteiger partial charge in [-0.15, -0.1) is 0 Å². The number of sulfonamides is 1. The molecule has 5 heteroatoms. The van der Waals surface area contributed by atoms with Gasteiger partial charge in [-0.25, -0.2) is 13.6 Å². The van der Waals surface area contributed by atoms with Gasteiger partial charge in [-0.2, -0.15) is 0 Å². The minimum Gasteiger partial charge on any atom is -0.490 e. The minimum absolute atomic E-state index is 0.120. The zero-order valence-corrected chi connectivity index (χ0v) is 12.0. The lowest BCUT2D eigenvalue weighted by Crippen LogP contribution is -2.23. The summed E-state index contributed by atoms with van der Waals surface area (Å²) < 4.78 is 28.2. The summed E-state index contributed by atoms with van der Waals surface area (Å²) in [5.41, 5.74) is 0. The monoisotopic (exact) mass is 283 g/mol. The van der Waals surface area contributed by atoms with Gasteiger partial charge in [0.1, 0.15) is 5.75 Å². The summed E-state index contributed by atoms with van der Waals surface area (Å²) in [6.45, 7) is 2.23. The molecule has 0 radical (unpaired) electrons. The average Bonchev–Trinajstić information content (AvgIpc) is 2.39. The van der Waals surface area contributed by atoms with Gasteiger partial charge in [0.15, 0.2) is 0 Å². The zero-order chi connectivity index (χ0) is 13.9. The Morgan fingerprint density at radius 3 is 2.21 bits per heavy atom. The van der Waals surface area contributed by atoms with Crippen molar-refractivity contribution in [2.24, 2.45) is 11.1 Å². The van der Waals surface area contributed by atoms with Crippen LogP contribution in [0.1, 0.15) is 39.0 Å². The highest BCUT2D eigenvalue weighted by Gasteiger charge is 2.21. The van der Waals surface area contributed by atoms with Crippen LogP contribution >= 0.6 is 0 Å². The normalized spacial score (nSPS) is 24.1. The fourth-order valence-electron chi connectivity index (χ4n) is 2.56. The molecule has 0 bridgehead atoms. The third-order valence-electron chi connectivity index (χ3n) is 3.83. The average molecular weight is 283 g/mol. The van der Waals surface area contributed by atoms with E-state index in [4.69, 9.17) is 9.88 Å². The lowest BCUT2D eigenvalue weighted by Gasteiger charge is -2.28. The van der Waals surface area contributed by atoms with Gasteiger partial charge in [-0.3, -0.25) is 0 Å². The van der Waals surface area contributed by atoms with Crippen LogP contribution in [0.3, 0.4) is 0 Å². The van der Waals surface area contributed by atoms with Gasteiger partial charge in [0, 0.05) is 0 Å². The standard InChI is InChI=1S/C14H21NO3S/c1-2-11-3-5-12(6-4-11)18-13-7-9-14(10-8-13)19(15,16)17/h7-12H,2-6H2,1H3,(H2,15,16,17). The summed E-state index contributed by atoms with van der Waals surface area (Å²) in [6, 6.07) is 6.32. The molecule has 0 saturated heterocycles. The molecule has 106 valence electrons. The van der Waals surface area contributed by atoms with Crippen molar-refractivity contribution in [1.82, 2.24) is 0 Å². The Morgan fingerprint density at radius 2 is 1.74 bits per heavy atom. The number of primary sulfonamides is 1. The molecule has 0 aromatic heterocycles.